The van der Waals surface area contributed by atoms with Crippen LogP contribution < -0.4 is 4.74 Å². The van der Waals surface area contributed by atoms with Crippen molar-refractivity contribution >= 4 is 28.4 Å². The molecular formula is C21H21N3O5. The Morgan fingerprint density at radius 1 is 1.21 bits per heavy atom. The van der Waals surface area contributed by atoms with E-state index in [1.807, 2.05) is 34.9 Å². The van der Waals surface area contributed by atoms with Gasteiger partial charge in [0.05, 0.1) is 30.3 Å². The van der Waals surface area contributed by atoms with Gasteiger partial charge in [0.2, 0.25) is 0 Å². The van der Waals surface area contributed by atoms with Crippen LogP contribution in [0.3, 0.4) is 0 Å². The Hall–Kier alpha value is -3.57. The number of methoxy groups -OCH3 is 1. The van der Waals surface area contributed by atoms with Gasteiger partial charge in [-0.15, -0.1) is 0 Å². The van der Waals surface area contributed by atoms with Gasteiger partial charge in [-0.05, 0) is 31.3 Å². The number of rotatable bonds is 8. The van der Waals surface area contributed by atoms with Crippen LogP contribution in [0.5, 0.6) is 5.75 Å². The van der Waals surface area contributed by atoms with Crippen molar-refractivity contribution in [1.29, 1.82) is 5.26 Å². The zero-order valence-corrected chi connectivity index (χ0v) is 16.3. The molecule has 150 valence electrons. The molecule has 3 aromatic rings. The molecular weight excluding hydrogens is 374 g/mol. The predicted octanol–water partition coefficient (Wildman–Crippen LogP) is 2.26. The summed E-state index contributed by atoms with van der Waals surface area (Å²) in [6, 6.07) is 12.8. The van der Waals surface area contributed by atoms with Crippen LogP contribution in [0.15, 0.2) is 42.6 Å². The maximum absolute atomic E-state index is 12.8. The van der Waals surface area contributed by atoms with Gasteiger partial charge in [0, 0.05) is 24.2 Å². The van der Waals surface area contributed by atoms with Crippen LogP contribution in [0, 0.1) is 11.3 Å². The topological polar surface area (TPSA) is 93.3 Å². The Labute approximate surface area is 167 Å². The summed E-state index contributed by atoms with van der Waals surface area (Å²) >= 11 is 0. The number of ether oxygens (including phenoxy) is 3. The fourth-order valence-corrected chi connectivity index (χ4v) is 3.07. The largest absolute Gasteiger partial charge is 0.479 e. The lowest BCUT2D eigenvalue weighted by Gasteiger charge is -2.14. The molecule has 0 amide bonds. The first kappa shape index (κ1) is 20.2. The van der Waals surface area contributed by atoms with Crippen LogP contribution in [-0.2, 0) is 14.3 Å². The second-order valence-corrected chi connectivity index (χ2v) is 6.41. The van der Waals surface area contributed by atoms with Crippen molar-refractivity contribution in [2.45, 2.75) is 0 Å². The highest BCUT2D eigenvalue weighted by atomic mass is 16.5. The molecule has 29 heavy (non-hydrogen) atoms. The smallest absolute Gasteiger partial charge is 0.341 e. The summed E-state index contributed by atoms with van der Waals surface area (Å²) in [5.41, 5.74) is 1.96. The number of fused-ring (bicyclic) bond motifs is 3. The lowest BCUT2D eigenvalue weighted by Crippen LogP contribution is -2.30. The number of nitriles is 1. The van der Waals surface area contributed by atoms with Crippen molar-refractivity contribution in [1.82, 2.24) is 9.30 Å². The van der Waals surface area contributed by atoms with E-state index in [4.69, 9.17) is 14.7 Å². The van der Waals surface area contributed by atoms with E-state index in [1.54, 1.807) is 30.1 Å². The second kappa shape index (κ2) is 9.08. The molecule has 0 spiro atoms. The zero-order chi connectivity index (χ0) is 20.8. The quantitative estimate of drug-likeness (QED) is 0.540. The van der Waals surface area contributed by atoms with Gasteiger partial charge in [-0.25, -0.2) is 4.79 Å². The van der Waals surface area contributed by atoms with Gasteiger partial charge < -0.3 is 18.6 Å². The number of carbonyl (C=O) groups is 2. The summed E-state index contributed by atoms with van der Waals surface area (Å²) in [4.78, 5) is 25.8. The molecule has 0 fully saturated rings. The van der Waals surface area contributed by atoms with E-state index in [-0.39, 0.29) is 25.7 Å². The summed E-state index contributed by atoms with van der Waals surface area (Å²) in [6.45, 7) is 0.610. The number of pyridine rings is 1. The number of hydrogen-bond acceptors (Lipinski definition) is 7. The van der Waals surface area contributed by atoms with Crippen LogP contribution in [-0.4, -0.2) is 61.7 Å². The normalized spacial score (nSPS) is 10.8. The summed E-state index contributed by atoms with van der Waals surface area (Å²) in [5.74, 6) is -0.245. The van der Waals surface area contributed by atoms with Crippen LogP contribution in [0.25, 0.3) is 16.4 Å². The molecule has 0 saturated carbocycles. The van der Waals surface area contributed by atoms with Crippen LogP contribution in [0.4, 0.5) is 0 Å². The SMILES string of the molecule is COC(=O)CN(C)CCOC(=O)c1c2ccc(OCC#N)cc2n2ccccc12. The third-order valence-corrected chi connectivity index (χ3v) is 4.45. The average molecular weight is 395 g/mol. The van der Waals surface area contributed by atoms with Crippen LogP contribution in [0.2, 0.25) is 0 Å². The molecule has 0 aliphatic carbocycles. The van der Waals surface area contributed by atoms with E-state index in [2.05, 4.69) is 4.74 Å². The Morgan fingerprint density at radius 2 is 2.03 bits per heavy atom. The predicted molar refractivity (Wildman–Crippen MR) is 106 cm³/mol. The maximum Gasteiger partial charge on any atom is 0.341 e. The minimum Gasteiger partial charge on any atom is -0.479 e. The van der Waals surface area contributed by atoms with E-state index < -0.39 is 5.97 Å². The third kappa shape index (κ3) is 4.47. The Kier molecular flexibility index (Phi) is 6.32. The molecule has 0 unspecified atom stereocenters. The van der Waals surface area contributed by atoms with Gasteiger partial charge in [-0.1, -0.05) is 6.07 Å². The van der Waals surface area contributed by atoms with Crippen LogP contribution in [0.1, 0.15) is 10.4 Å². The molecule has 0 aliphatic rings. The van der Waals surface area contributed by atoms with E-state index in [0.29, 0.717) is 23.4 Å². The maximum atomic E-state index is 12.8. The summed E-state index contributed by atoms with van der Waals surface area (Å²) in [6.07, 6.45) is 1.85. The number of nitrogens with zero attached hydrogens (tertiary/aromatic N) is 3. The fourth-order valence-electron chi connectivity index (χ4n) is 3.07. The standard InChI is InChI=1S/C21H21N3O5/c1-23(14-19(25)27-2)10-12-29-21(26)20-16-7-6-15(28-11-8-22)13-18(16)24-9-4-3-5-17(20)24/h3-7,9,13H,10-12,14H2,1-2H3. The van der Waals surface area contributed by atoms with Gasteiger partial charge in [0.15, 0.2) is 6.61 Å². The fraction of sp³-hybridized carbons (Fsp3) is 0.286. The molecule has 0 N–H and O–H groups in total. The molecule has 3 rings (SSSR count). The van der Waals surface area contributed by atoms with Crippen molar-refractivity contribution in [3.63, 3.8) is 0 Å². The number of hydrogen-bond donors (Lipinski definition) is 0. The van der Waals surface area contributed by atoms with E-state index >= 15 is 0 Å². The monoisotopic (exact) mass is 395 g/mol. The first-order valence-electron chi connectivity index (χ1n) is 9.00. The van der Waals surface area contributed by atoms with Gasteiger partial charge in [0.25, 0.3) is 0 Å². The Morgan fingerprint density at radius 3 is 2.79 bits per heavy atom. The average Bonchev–Trinajstić information content (AvgIpc) is 3.05. The third-order valence-electron chi connectivity index (χ3n) is 4.45. The molecule has 2 aromatic heterocycles. The number of esters is 2. The van der Waals surface area contributed by atoms with Crippen molar-refractivity contribution in [3.05, 3.63) is 48.2 Å². The highest BCUT2D eigenvalue weighted by molar-refractivity contribution is 6.11. The van der Waals surface area contributed by atoms with E-state index in [9.17, 15) is 9.59 Å². The molecule has 8 nitrogen and oxygen atoms in total. The van der Waals surface area contributed by atoms with Crippen molar-refractivity contribution < 1.29 is 23.8 Å². The van der Waals surface area contributed by atoms with Gasteiger partial charge in [-0.3, -0.25) is 9.69 Å². The first-order chi connectivity index (χ1) is 14.0. The lowest BCUT2D eigenvalue weighted by atomic mass is 10.1. The molecule has 1 aromatic carbocycles. The van der Waals surface area contributed by atoms with Gasteiger partial charge >= 0.3 is 11.9 Å². The van der Waals surface area contributed by atoms with E-state index in [1.165, 1.54) is 7.11 Å². The number of carbonyl (C=O) groups excluding carboxylic acids is 2. The molecule has 0 atom stereocenters. The molecule has 0 radical (unpaired) electrons. The van der Waals surface area contributed by atoms with Crippen molar-refractivity contribution in [2.75, 3.05) is 40.5 Å². The van der Waals surface area contributed by atoms with Gasteiger partial charge in [0.1, 0.15) is 18.4 Å². The second-order valence-electron chi connectivity index (χ2n) is 6.41. The molecule has 2 heterocycles. The summed E-state index contributed by atoms with van der Waals surface area (Å²) < 4.78 is 17.3. The number of benzene rings is 1. The van der Waals surface area contributed by atoms with E-state index in [0.717, 1.165) is 10.9 Å². The van der Waals surface area contributed by atoms with Crippen molar-refractivity contribution in [3.8, 4) is 11.8 Å². The summed E-state index contributed by atoms with van der Waals surface area (Å²) in [7, 11) is 3.08. The van der Waals surface area contributed by atoms with Gasteiger partial charge in [-0.2, -0.15) is 5.26 Å². The highest BCUT2D eigenvalue weighted by Crippen LogP contribution is 2.30. The molecule has 0 saturated heterocycles. The molecule has 0 bridgehead atoms. The number of likely N-dealkylation sites (N-methyl/N-ethyl adjacent to an activating group) is 1. The Bertz CT molecular complexity index is 1080. The zero-order valence-electron chi connectivity index (χ0n) is 16.3. The number of aromatic nitrogens is 1. The lowest BCUT2D eigenvalue weighted by molar-refractivity contribution is -0.141. The van der Waals surface area contributed by atoms with Crippen molar-refractivity contribution in [2.24, 2.45) is 0 Å². The highest BCUT2D eigenvalue weighted by Gasteiger charge is 2.20. The Balaban J connectivity index is 1.83. The molecule has 8 heteroatoms. The molecule has 0 aliphatic heterocycles. The summed E-state index contributed by atoms with van der Waals surface area (Å²) in [5, 5.41) is 9.43. The van der Waals surface area contributed by atoms with Crippen LogP contribution >= 0.6 is 0 Å². The minimum absolute atomic E-state index is 0.0528. The minimum atomic E-state index is -0.444. The first-order valence-corrected chi connectivity index (χ1v) is 9.00.